The van der Waals surface area contributed by atoms with Crippen LogP contribution in [0.15, 0.2) is 42.5 Å². The van der Waals surface area contributed by atoms with Crippen LogP contribution in [0.25, 0.3) is 0 Å². The fraction of sp³-hybridized carbons (Fsp3) is 0.235. The van der Waals surface area contributed by atoms with E-state index in [0.29, 0.717) is 12.0 Å². The Labute approximate surface area is 134 Å². The normalized spacial score (nSPS) is 19.9. The number of benzene rings is 2. The minimum Gasteiger partial charge on any atom is -0.390 e. The standard InChI is InChI=1S/C17H13F4NO2/c18-10-5-6-12(13(8-10)17(19,20)21)16(24)22-15-11-4-2-1-3-9(11)7-14(15)23/h1-6,8,14-15,23H,7H2,(H,22,24)/t14-,15+/m1/s1. The monoisotopic (exact) mass is 339 g/mol. The molecule has 0 unspecified atom stereocenters. The van der Waals surface area contributed by atoms with Crippen LogP contribution in [-0.2, 0) is 12.6 Å². The molecule has 24 heavy (non-hydrogen) atoms. The first-order chi connectivity index (χ1) is 11.3. The highest BCUT2D eigenvalue weighted by molar-refractivity contribution is 5.96. The largest absolute Gasteiger partial charge is 0.417 e. The van der Waals surface area contributed by atoms with Gasteiger partial charge in [-0.05, 0) is 29.3 Å². The molecule has 0 heterocycles. The Hall–Kier alpha value is -2.41. The zero-order chi connectivity index (χ0) is 17.5. The molecular formula is C17H13F4NO2. The Morgan fingerprint density at radius 3 is 2.58 bits per heavy atom. The van der Waals surface area contributed by atoms with Crippen molar-refractivity contribution in [2.45, 2.75) is 24.7 Å². The lowest BCUT2D eigenvalue weighted by atomic mass is 10.0. The zero-order valence-electron chi connectivity index (χ0n) is 12.3. The highest BCUT2D eigenvalue weighted by Crippen LogP contribution is 2.34. The summed E-state index contributed by atoms with van der Waals surface area (Å²) in [6.07, 6.45) is -5.49. The first-order valence-corrected chi connectivity index (χ1v) is 7.21. The SMILES string of the molecule is O=C(N[C@H]1c2ccccc2C[C@H]1O)c1ccc(F)cc1C(F)(F)F. The van der Waals surface area contributed by atoms with Crippen LogP contribution in [0.1, 0.15) is 33.1 Å². The van der Waals surface area contributed by atoms with Gasteiger partial charge in [-0.2, -0.15) is 13.2 Å². The number of fused-ring (bicyclic) bond motifs is 1. The summed E-state index contributed by atoms with van der Waals surface area (Å²) in [6.45, 7) is 0. The second-order valence-electron chi connectivity index (χ2n) is 5.61. The highest BCUT2D eigenvalue weighted by atomic mass is 19.4. The van der Waals surface area contributed by atoms with Crippen LogP contribution in [0.4, 0.5) is 17.6 Å². The Balaban J connectivity index is 1.92. The molecule has 0 saturated heterocycles. The van der Waals surface area contributed by atoms with E-state index in [4.69, 9.17) is 0 Å². The average Bonchev–Trinajstić information content (AvgIpc) is 2.82. The van der Waals surface area contributed by atoms with E-state index >= 15 is 0 Å². The van der Waals surface area contributed by atoms with Crippen molar-refractivity contribution in [3.63, 3.8) is 0 Å². The summed E-state index contributed by atoms with van der Waals surface area (Å²) in [5.74, 6) is -2.09. The van der Waals surface area contributed by atoms with Gasteiger partial charge in [0.05, 0.1) is 23.3 Å². The smallest absolute Gasteiger partial charge is 0.390 e. The van der Waals surface area contributed by atoms with Crippen molar-refractivity contribution < 1.29 is 27.5 Å². The molecule has 0 spiro atoms. The second kappa shape index (κ2) is 5.90. The fourth-order valence-corrected chi connectivity index (χ4v) is 2.92. The molecule has 0 bridgehead atoms. The van der Waals surface area contributed by atoms with E-state index in [1.165, 1.54) is 0 Å². The van der Waals surface area contributed by atoms with E-state index in [9.17, 15) is 27.5 Å². The topological polar surface area (TPSA) is 49.3 Å². The number of carbonyl (C=O) groups is 1. The Kier molecular flexibility index (Phi) is 4.04. The van der Waals surface area contributed by atoms with Crippen LogP contribution in [0.5, 0.6) is 0 Å². The van der Waals surface area contributed by atoms with Crippen LogP contribution in [0.3, 0.4) is 0 Å². The van der Waals surface area contributed by atoms with Crippen molar-refractivity contribution in [1.29, 1.82) is 0 Å². The van der Waals surface area contributed by atoms with E-state index in [1.54, 1.807) is 24.3 Å². The third-order valence-electron chi connectivity index (χ3n) is 4.02. The van der Waals surface area contributed by atoms with Crippen molar-refractivity contribution in [3.8, 4) is 0 Å². The van der Waals surface area contributed by atoms with Gasteiger partial charge in [-0.3, -0.25) is 4.79 Å². The number of aliphatic hydroxyl groups is 1. The van der Waals surface area contributed by atoms with Gasteiger partial charge in [-0.15, -0.1) is 0 Å². The summed E-state index contributed by atoms with van der Waals surface area (Å²) in [5.41, 5.74) is -0.541. The predicted molar refractivity (Wildman–Crippen MR) is 77.8 cm³/mol. The Bertz CT molecular complexity index is 788. The summed E-state index contributed by atoms with van der Waals surface area (Å²) >= 11 is 0. The number of carbonyl (C=O) groups excluding carboxylic acids is 1. The molecule has 0 saturated carbocycles. The quantitative estimate of drug-likeness (QED) is 0.826. The van der Waals surface area contributed by atoms with E-state index in [-0.39, 0.29) is 6.07 Å². The van der Waals surface area contributed by atoms with Gasteiger partial charge < -0.3 is 10.4 Å². The molecule has 3 nitrogen and oxygen atoms in total. The number of hydrogen-bond donors (Lipinski definition) is 2. The average molecular weight is 339 g/mol. The van der Waals surface area contributed by atoms with Crippen LogP contribution >= 0.6 is 0 Å². The van der Waals surface area contributed by atoms with Crippen molar-refractivity contribution in [3.05, 3.63) is 70.5 Å². The van der Waals surface area contributed by atoms with E-state index in [2.05, 4.69) is 5.32 Å². The lowest BCUT2D eigenvalue weighted by Gasteiger charge is -2.19. The second-order valence-corrected chi connectivity index (χ2v) is 5.61. The molecule has 7 heteroatoms. The lowest BCUT2D eigenvalue weighted by molar-refractivity contribution is -0.138. The summed E-state index contributed by atoms with van der Waals surface area (Å²) in [7, 11) is 0. The van der Waals surface area contributed by atoms with Crippen LogP contribution < -0.4 is 5.32 Å². The van der Waals surface area contributed by atoms with Gasteiger partial charge in [0.15, 0.2) is 0 Å². The first kappa shape index (κ1) is 16.4. The van der Waals surface area contributed by atoms with E-state index < -0.39 is 41.2 Å². The van der Waals surface area contributed by atoms with Gasteiger partial charge in [-0.1, -0.05) is 24.3 Å². The molecule has 2 N–H and O–H groups in total. The molecule has 2 atom stereocenters. The Morgan fingerprint density at radius 2 is 1.88 bits per heavy atom. The third kappa shape index (κ3) is 2.99. The Morgan fingerprint density at radius 1 is 1.17 bits per heavy atom. The maximum Gasteiger partial charge on any atom is 0.417 e. The number of halogens is 4. The molecule has 0 aliphatic heterocycles. The van der Waals surface area contributed by atoms with E-state index in [1.807, 2.05) is 0 Å². The van der Waals surface area contributed by atoms with Crippen LogP contribution in [-0.4, -0.2) is 17.1 Å². The summed E-state index contributed by atoms with van der Waals surface area (Å²) in [6, 6.07) is 8.04. The molecule has 1 aliphatic carbocycles. The van der Waals surface area contributed by atoms with Gasteiger partial charge in [-0.25, -0.2) is 4.39 Å². The van der Waals surface area contributed by atoms with Gasteiger partial charge in [0, 0.05) is 6.42 Å². The molecule has 0 radical (unpaired) electrons. The maximum atomic E-state index is 13.1. The predicted octanol–water partition coefficient (Wildman–Crippen LogP) is 3.23. The number of nitrogens with one attached hydrogen (secondary N) is 1. The fourth-order valence-electron chi connectivity index (χ4n) is 2.92. The minimum absolute atomic E-state index is 0.286. The summed E-state index contributed by atoms with van der Waals surface area (Å²) < 4.78 is 52.2. The first-order valence-electron chi connectivity index (χ1n) is 7.21. The molecule has 2 aromatic rings. The van der Waals surface area contributed by atoms with Crippen molar-refractivity contribution in [2.24, 2.45) is 0 Å². The van der Waals surface area contributed by atoms with Gasteiger partial charge in [0.1, 0.15) is 5.82 Å². The molecular weight excluding hydrogens is 326 g/mol. The van der Waals surface area contributed by atoms with Gasteiger partial charge >= 0.3 is 6.18 Å². The van der Waals surface area contributed by atoms with Crippen molar-refractivity contribution >= 4 is 5.91 Å². The van der Waals surface area contributed by atoms with Crippen LogP contribution in [0, 0.1) is 5.82 Å². The molecule has 126 valence electrons. The van der Waals surface area contributed by atoms with Crippen molar-refractivity contribution in [1.82, 2.24) is 5.32 Å². The zero-order valence-corrected chi connectivity index (χ0v) is 12.3. The molecule has 3 rings (SSSR count). The van der Waals surface area contributed by atoms with E-state index in [0.717, 1.165) is 17.7 Å². The number of amides is 1. The van der Waals surface area contributed by atoms with Crippen LogP contribution in [0.2, 0.25) is 0 Å². The van der Waals surface area contributed by atoms with Gasteiger partial charge in [0.25, 0.3) is 5.91 Å². The number of alkyl halides is 3. The lowest BCUT2D eigenvalue weighted by Crippen LogP contribution is -2.35. The highest BCUT2D eigenvalue weighted by Gasteiger charge is 2.37. The third-order valence-corrected chi connectivity index (χ3v) is 4.02. The molecule has 1 amide bonds. The number of rotatable bonds is 2. The molecule has 1 aliphatic rings. The van der Waals surface area contributed by atoms with Crippen molar-refractivity contribution in [2.75, 3.05) is 0 Å². The summed E-state index contributed by atoms with van der Waals surface area (Å²) in [5, 5.41) is 12.5. The molecule has 2 aromatic carbocycles. The number of hydrogen-bond acceptors (Lipinski definition) is 2. The minimum atomic E-state index is -4.86. The number of aliphatic hydroxyl groups excluding tert-OH is 1. The maximum absolute atomic E-state index is 13.1. The molecule has 0 fully saturated rings. The summed E-state index contributed by atoms with van der Waals surface area (Å²) in [4.78, 5) is 12.3. The molecule has 0 aromatic heterocycles. The van der Waals surface area contributed by atoms with Gasteiger partial charge in [0.2, 0.25) is 0 Å².